The molecular formula is C38H46O3. The normalized spacial score (nSPS) is 19.3. The van der Waals surface area contributed by atoms with Crippen molar-refractivity contribution in [2.24, 2.45) is 5.92 Å². The topological polar surface area (TPSA) is 60.7 Å². The minimum Gasteiger partial charge on any atom is -0.508 e. The van der Waals surface area contributed by atoms with Gasteiger partial charge in [-0.3, -0.25) is 0 Å². The Morgan fingerprint density at radius 1 is 0.927 bits per heavy atom. The van der Waals surface area contributed by atoms with Crippen LogP contribution in [0.5, 0.6) is 5.75 Å². The summed E-state index contributed by atoms with van der Waals surface area (Å²) in [6.07, 6.45) is 17.4. The second-order valence-electron chi connectivity index (χ2n) is 11.6. The number of hydrogen-bond donors (Lipinski definition) is 3. The number of aliphatic hydroxyl groups is 2. The molecule has 2 aromatic carbocycles. The third kappa shape index (κ3) is 7.10. The van der Waals surface area contributed by atoms with Crippen molar-refractivity contribution in [3.05, 3.63) is 150 Å². The molecule has 0 fully saturated rings. The molecule has 3 nitrogen and oxygen atoms in total. The van der Waals surface area contributed by atoms with E-state index in [2.05, 4.69) is 83.0 Å². The molecule has 0 heterocycles. The van der Waals surface area contributed by atoms with E-state index in [0.29, 0.717) is 25.7 Å². The van der Waals surface area contributed by atoms with Gasteiger partial charge in [0.15, 0.2) is 0 Å². The Morgan fingerprint density at radius 2 is 1.59 bits per heavy atom. The van der Waals surface area contributed by atoms with Crippen LogP contribution < -0.4 is 0 Å². The van der Waals surface area contributed by atoms with Crippen LogP contribution in [0.4, 0.5) is 0 Å². The van der Waals surface area contributed by atoms with Crippen LogP contribution in [-0.2, 0) is 17.3 Å². The monoisotopic (exact) mass is 550 g/mol. The van der Waals surface area contributed by atoms with Gasteiger partial charge in [0.1, 0.15) is 11.5 Å². The molecule has 0 aromatic heterocycles. The van der Waals surface area contributed by atoms with Crippen LogP contribution in [0.15, 0.2) is 128 Å². The first kappa shape index (κ1) is 31.7. The fourth-order valence-corrected chi connectivity index (χ4v) is 5.58. The van der Waals surface area contributed by atoms with E-state index in [-0.39, 0.29) is 22.8 Å². The molecule has 2 aromatic rings. The number of rotatable bonds is 13. The van der Waals surface area contributed by atoms with Crippen LogP contribution in [0.3, 0.4) is 0 Å². The van der Waals surface area contributed by atoms with Gasteiger partial charge in [-0.1, -0.05) is 99.7 Å². The zero-order valence-electron chi connectivity index (χ0n) is 25.1. The van der Waals surface area contributed by atoms with Crippen molar-refractivity contribution in [1.82, 2.24) is 0 Å². The van der Waals surface area contributed by atoms with Gasteiger partial charge >= 0.3 is 0 Å². The van der Waals surface area contributed by atoms with Crippen molar-refractivity contribution in [3.8, 4) is 5.75 Å². The summed E-state index contributed by atoms with van der Waals surface area (Å²) < 4.78 is 0. The maximum Gasteiger partial charge on any atom is 0.119 e. The summed E-state index contributed by atoms with van der Waals surface area (Å²) in [4.78, 5) is 0. The maximum atomic E-state index is 10.6. The van der Waals surface area contributed by atoms with Crippen molar-refractivity contribution in [3.63, 3.8) is 0 Å². The molecule has 3 unspecified atom stereocenters. The first-order chi connectivity index (χ1) is 19.5. The van der Waals surface area contributed by atoms with Crippen molar-refractivity contribution in [2.75, 3.05) is 0 Å². The molecule has 0 amide bonds. The number of benzene rings is 2. The summed E-state index contributed by atoms with van der Waals surface area (Å²) in [6.45, 7) is 20.0. The van der Waals surface area contributed by atoms with Crippen molar-refractivity contribution in [1.29, 1.82) is 0 Å². The van der Waals surface area contributed by atoms with Gasteiger partial charge in [0, 0.05) is 16.7 Å². The summed E-state index contributed by atoms with van der Waals surface area (Å²) in [5.41, 5.74) is 5.59. The second kappa shape index (κ2) is 13.7. The van der Waals surface area contributed by atoms with E-state index in [1.54, 1.807) is 24.3 Å². The molecule has 1 aliphatic rings. The minimum atomic E-state index is -0.542. The van der Waals surface area contributed by atoms with E-state index >= 15 is 0 Å². The van der Waals surface area contributed by atoms with Crippen molar-refractivity contribution >= 4 is 0 Å². The van der Waals surface area contributed by atoms with Gasteiger partial charge in [-0.15, -0.1) is 19.7 Å². The van der Waals surface area contributed by atoms with E-state index in [1.807, 2.05) is 31.2 Å². The van der Waals surface area contributed by atoms with E-state index in [1.165, 1.54) is 5.56 Å². The van der Waals surface area contributed by atoms with E-state index in [9.17, 15) is 15.3 Å². The molecular weight excluding hydrogens is 504 g/mol. The molecule has 3 atom stereocenters. The van der Waals surface area contributed by atoms with Crippen LogP contribution in [0, 0.1) is 5.92 Å². The SMILES string of the molecule is C=CCC(=C/CC(C)(C1=CC(CC=C)C(O)C=C1)c1ccc(C(C)(C)c2ccc(O)c(CC=C)c2)cc1)/C(O)=C\C. The lowest BCUT2D eigenvalue weighted by Crippen LogP contribution is -2.29. The average molecular weight is 551 g/mol. The Bertz CT molecular complexity index is 1370. The van der Waals surface area contributed by atoms with Gasteiger partial charge in [-0.25, -0.2) is 0 Å². The summed E-state index contributed by atoms with van der Waals surface area (Å²) in [7, 11) is 0. The lowest BCUT2D eigenvalue weighted by molar-refractivity contribution is 0.174. The number of phenolic OH excluding ortho intramolecular Hbond substituents is 1. The highest BCUT2D eigenvalue weighted by Gasteiger charge is 2.33. The van der Waals surface area contributed by atoms with Crippen LogP contribution in [0.1, 0.15) is 69.2 Å². The number of allylic oxidation sites excluding steroid dienone is 8. The molecule has 41 heavy (non-hydrogen) atoms. The Hall–Kier alpha value is -3.82. The first-order valence-corrected chi connectivity index (χ1v) is 14.4. The highest BCUT2D eigenvalue weighted by molar-refractivity contribution is 5.49. The van der Waals surface area contributed by atoms with Crippen LogP contribution in [0.25, 0.3) is 0 Å². The third-order valence-corrected chi connectivity index (χ3v) is 8.51. The zero-order valence-corrected chi connectivity index (χ0v) is 25.1. The quantitative estimate of drug-likeness (QED) is 0.132. The van der Waals surface area contributed by atoms with Gasteiger partial charge in [-0.2, -0.15) is 0 Å². The largest absolute Gasteiger partial charge is 0.508 e. The average Bonchev–Trinajstić information content (AvgIpc) is 2.97. The molecule has 0 aliphatic heterocycles. The molecule has 3 N–H and O–H groups in total. The molecule has 0 radical (unpaired) electrons. The van der Waals surface area contributed by atoms with Gasteiger partial charge < -0.3 is 15.3 Å². The number of hydrogen-bond acceptors (Lipinski definition) is 3. The first-order valence-electron chi connectivity index (χ1n) is 14.4. The second-order valence-corrected chi connectivity index (χ2v) is 11.6. The molecule has 0 saturated heterocycles. The van der Waals surface area contributed by atoms with Gasteiger partial charge in [0.05, 0.1) is 6.10 Å². The number of phenols is 1. The maximum absolute atomic E-state index is 10.6. The lowest BCUT2D eigenvalue weighted by Gasteiger charge is -2.35. The molecule has 1 aliphatic carbocycles. The van der Waals surface area contributed by atoms with E-state index < -0.39 is 11.5 Å². The van der Waals surface area contributed by atoms with E-state index in [0.717, 1.165) is 27.8 Å². The molecule has 3 heteroatoms. The lowest BCUT2D eigenvalue weighted by atomic mass is 9.69. The van der Waals surface area contributed by atoms with Crippen LogP contribution in [0.2, 0.25) is 0 Å². The summed E-state index contributed by atoms with van der Waals surface area (Å²) >= 11 is 0. The molecule has 216 valence electrons. The van der Waals surface area contributed by atoms with Crippen LogP contribution >= 0.6 is 0 Å². The molecule has 3 rings (SSSR count). The highest BCUT2D eigenvalue weighted by Crippen LogP contribution is 2.42. The number of aromatic hydroxyl groups is 1. The molecule has 0 bridgehead atoms. The Balaban J connectivity index is 2.09. The minimum absolute atomic E-state index is 0.0372. The molecule has 0 spiro atoms. The third-order valence-electron chi connectivity index (χ3n) is 8.51. The summed E-state index contributed by atoms with van der Waals surface area (Å²) in [6, 6.07) is 14.6. The van der Waals surface area contributed by atoms with Gasteiger partial charge in [0.2, 0.25) is 0 Å². The van der Waals surface area contributed by atoms with Crippen molar-refractivity contribution in [2.45, 2.75) is 70.3 Å². The predicted octanol–water partition coefficient (Wildman–Crippen LogP) is 9.11. The Kier molecular flexibility index (Phi) is 10.6. The summed E-state index contributed by atoms with van der Waals surface area (Å²) in [5.74, 6) is 0.518. The standard InChI is InChI=1S/C38H46O3/c1-8-12-27(34(39)11-4)23-24-38(7,33-20-22-36(41)29(26-33)14-10-3)31-17-15-30(16-18-31)37(5,6)32-19-21-35(40)28(25-32)13-9-2/h8-11,15-23,25-26,29,36,39-41H,1-3,12-14,24H2,4-7H3/b27-23-,34-11+. The van der Waals surface area contributed by atoms with E-state index in [4.69, 9.17) is 0 Å². The number of aliphatic hydroxyl groups excluding tert-OH is 2. The van der Waals surface area contributed by atoms with Crippen molar-refractivity contribution < 1.29 is 15.3 Å². The smallest absolute Gasteiger partial charge is 0.119 e. The Labute approximate surface area is 247 Å². The zero-order chi connectivity index (χ0) is 30.2. The predicted molar refractivity (Wildman–Crippen MR) is 173 cm³/mol. The molecule has 0 saturated carbocycles. The van der Waals surface area contributed by atoms with Gasteiger partial charge in [-0.05, 0) is 78.1 Å². The van der Waals surface area contributed by atoms with Crippen LogP contribution in [-0.4, -0.2) is 21.4 Å². The fraction of sp³-hybridized carbons (Fsp3) is 0.316. The highest BCUT2D eigenvalue weighted by atomic mass is 16.3. The van der Waals surface area contributed by atoms with Gasteiger partial charge in [0.25, 0.3) is 0 Å². The Morgan fingerprint density at radius 3 is 2.20 bits per heavy atom. The summed E-state index contributed by atoms with van der Waals surface area (Å²) in [5, 5.41) is 31.4. The fourth-order valence-electron chi connectivity index (χ4n) is 5.58.